The molecule has 1 amide bonds. The van der Waals surface area contributed by atoms with Crippen molar-refractivity contribution in [3.63, 3.8) is 0 Å². The van der Waals surface area contributed by atoms with Crippen molar-refractivity contribution in [2.45, 2.75) is 26.3 Å². The first kappa shape index (κ1) is 15.8. The van der Waals surface area contributed by atoms with Gasteiger partial charge >= 0.3 is 0 Å². The Bertz CT molecular complexity index is 435. The van der Waals surface area contributed by atoms with Gasteiger partial charge in [0.25, 0.3) is 5.91 Å². The Morgan fingerprint density at radius 1 is 1.47 bits per heavy atom. The van der Waals surface area contributed by atoms with Crippen molar-refractivity contribution >= 4 is 21.8 Å². The van der Waals surface area contributed by atoms with E-state index in [4.69, 9.17) is 4.74 Å². The summed E-state index contributed by atoms with van der Waals surface area (Å²) in [4.78, 5) is 14.2. The lowest BCUT2D eigenvalue weighted by atomic mass is 10.1. The van der Waals surface area contributed by atoms with E-state index >= 15 is 0 Å². The summed E-state index contributed by atoms with van der Waals surface area (Å²) in [7, 11) is 1.47. The summed E-state index contributed by atoms with van der Waals surface area (Å²) in [5, 5.41) is 10.9. The maximum Gasteiger partial charge on any atom is 0.257 e. The average Bonchev–Trinajstić information content (AvgIpc) is 2.38. The predicted octanol–water partition coefficient (Wildman–Crippen LogP) is 3.04. The Hall–Kier alpha value is -1.23. The van der Waals surface area contributed by atoms with Crippen LogP contribution in [-0.2, 0) is 0 Å². The van der Waals surface area contributed by atoms with E-state index in [0.717, 1.165) is 11.8 Å². The molecular formula is C14H20BrNO3. The Kier molecular flexibility index (Phi) is 6.15. The van der Waals surface area contributed by atoms with Crippen molar-refractivity contribution in [1.29, 1.82) is 0 Å². The van der Waals surface area contributed by atoms with Gasteiger partial charge in [0.15, 0.2) is 11.5 Å². The number of carbonyl (C=O) groups is 1. The molecule has 0 radical (unpaired) electrons. The quantitative estimate of drug-likeness (QED) is 0.816. The molecule has 0 bridgehead atoms. The van der Waals surface area contributed by atoms with Crippen molar-refractivity contribution in [2.75, 3.05) is 19.0 Å². The number of para-hydroxylation sites is 1. The molecule has 0 unspecified atom stereocenters. The van der Waals surface area contributed by atoms with E-state index in [2.05, 4.69) is 15.9 Å². The molecule has 0 aliphatic rings. The maximum absolute atomic E-state index is 12.5. The standard InChI is InChI=1S/C14H20BrNO3/c1-10(2)16(9-5-8-15)14(18)11-6-4-7-12(19-3)13(11)17/h4,6-7,10,17H,5,8-9H2,1-3H3. The molecule has 0 atom stereocenters. The number of nitrogens with zero attached hydrogens (tertiary/aromatic N) is 1. The zero-order valence-electron chi connectivity index (χ0n) is 11.5. The van der Waals surface area contributed by atoms with Crippen LogP contribution >= 0.6 is 15.9 Å². The third kappa shape index (κ3) is 3.86. The fraction of sp³-hybridized carbons (Fsp3) is 0.500. The van der Waals surface area contributed by atoms with Crippen molar-refractivity contribution < 1.29 is 14.6 Å². The number of methoxy groups -OCH3 is 1. The lowest BCUT2D eigenvalue weighted by molar-refractivity contribution is 0.0703. The highest BCUT2D eigenvalue weighted by Crippen LogP contribution is 2.30. The monoisotopic (exact) mass is 329 g/mol. The molecule has 1 rings (SSSR count). The van der Waals surface area contributed by atoms with E-state index in [1.54, 1.807) is 23.1 Å². The summed E-state index contributed by atoms with van der Waals surface area (Å²) in [6, 6.07) is 5.03. The number of rotatable bonds is 6. The largest absolute Gasteiger partial charge is 0.504 e. The Morgan fingerprint density at radius 3 is 2.68 bits per heavy atom. The van der Waals surface area contributed by atoms with Gasteiger partial charge in [-0.3, -0.25) is 4.79 Å². The summed E-state index contributed by atoms with van der Waals surface area (Å²) in [6.45, 7) is 4.57. The molecule has 106 valence electrons. The number of hydrogen-bond acceptors (Lipinski definition) is 3. The van der Waals surface area contributed by atoms with Crippen molar-refractivity contribution in [1.82, 2.24) is 4.90 Å². The van der Waals surface area contributed by atoms with E-state index in [1.807, 2.05) is 13.8 Å². The number of ether oxygens (including phenoxy) is 1. The molecule has 5 heteroatoms. The van der Waals surface area contributed by atoms with Gasteiger partial charge in [-0.25, -0.2) is 0 Å². The molecule has 0 saturated heterocycles. The van der Waals surface area contributed by atoms with Crippen LogP contribution in [0, 0.1) is 0 Å². The van der Waals surface area contributed by atoms with Crippen molar-refractivity contribution in [3.8, 4) is 11.5 Å². The van der Waals surface area contributed by atoms with E-state index in [1.165, 1.54) is 7.11 Å². The summed E-state index contributed by atoms with van der Waals surface area (Å²) >= 11 is 3.36. The molecule has 1 N–H and O–H groups in total. The fourth-order valence-electron chi connectivity index (χ4n) is 1.84. The Labute approximate surface area is 122 Å². The molecule has 0 aliphatic heterocycles. The molecule has 0 aliphatic carbocycles. The fourth-order valence-corrected chi connectivity index (χ4v) is 2.09. The summed E-state index contributed by atoms with van der Waals surface area (Å²) < 4.78 is 5.03. The second-order valence-corrected chi connectivity index (χ2v) is 5.28. The topological polar surface area (TPSA) is 49.8 Å². The van der Waals surface area contributed by atoms with Gasteiger partial charge in [-0.05, 0) is 32.4 Å². The SMILES string of the molecule is COc1cccc(C(=O)N(CCCBr)C(C)C)c1O. The lowest BCUT2D eigenvalue weighted by Gasteiger charge is -2.27. The number of aromatic hydroxyl groups is 1. The van der Waals surface area contributed by atoms with E-state index < -0.39 is 0 Å². The van der Waals surface area contributed by atoms with Crippen LogP contribution in [0.15, 0.2) is 18.2 Å². The van der Waals surface area contributed by atoms with Gasteiger partial charge in [0, 0.05) is 17.9 Å². The molecule has 0 aromatic heterocycles. The molecule has 0 heterocycles. The molecule has 0 saturated carbocycles. The third-order valence-electron chi connectivity index (χ3n) is 2.87. The number of alkyl halides is 1. The van der Waals surface area contributed by atoms with Crippen LogP contribution in [0.2, 0.25) is 0 Å². The first-order chi connectivity index (χ1) is 9.02. The molecule has 1 aromatic rings. The summed E-state index contributed by atoms with van der Waals surface area (Å²) in [6.07, 6.45) is 0.870. The highest BCUT2D eigenvalue weighted by Gasteiger charge is 2.22. The number of phenols is 1. The van der Waals surface area contributed by atoms with Crippen molar-refractivity contribution in [3.05, 3.63) is 23.8 Å². The van der Waals surface area contributed by atoms with Crippen LogP contribution in [0.5, 0.6) is 11.5 Å². The van der Waals surface area contributed by atoms with Gasteiger partial charge in [0.1, 0.15) is 0 Å². The van der Waals surface area contributed by atoms with Crippen LogP contribution in [0.1, 0.15) is 30.6 Å². The number of halogens is 1. The second-order valence-electron chi connectivity index (χ2n) is 4.49. The second kappa shape index (κ2) is 7.38. The minimum absolute atomic E-state index is 0.0807. The number of benzene rings is 1. The van der Waals surface area contributed by atoms with Gasteiger partial charge < -0.3 is 14.7 Å². The van der Waals surface area contributed by atoms with Crippen LogP contribution in [0.4, 0.5) is 0 Å². The van der Waals surface area contributed by atoms with Crippen molar-refractivity contribution in [2.24, 2.45) is 0 Å². The first-order valence-electron chi connectivity index (χ1n) is 6.25. The number of carbonyl (C=O) groups excluding carboxylic acids is 1. The van der Waals surface area contributed by atoms with Gasteiger partial charge in [0.05, 0.1) is 12.7 Å². The number of hydrogen-bond donors (Lipinski definition) is 1. The Morgan fingerprint density at radius 2 is 2.16 bits per heavy atom. The minimum atomic E-state index is -0.174. The molecule has 19 heavy (non-hydrogen) atoms. The van der Waals surface area contributed by atoms with Crippen LogP contribution < -0.4 is 4.74 Å². The number of amides is 1. The van der Waals surface area contributed by atoms with Gasteiger partial charge in [-0.2, -0.15) is 0 Å². The van der Waals surface area contributed by atoms with Gasteiger partial charge in [-0.15, -0.1) is 0 Å². The van der Waals surface area contributed by atoms with Gasteiger partial charge in [-0.1, -0.05) is 22.0 Å². The Balaban J connectivity index is 3.02. The number of phenolic OH excluding ortho intramolecular Hbond substituents is 1. The molecule has 1 aromatic carbocycles. The minimum Gasteiger partial charge on any atom is -0.504 e. The lowest BCUT2D eigenvalue weighted by Crippen LogP contribution is -2.37. The highest BCUT2D eigenvalue weighted by molar-refractivity contribution is 9.09. The summed E-state index contributed by atoms with van der Waals surface area (Å²) in [5.41, 5.74) is 0.280. The maximum atomic E-state index is 12.5. The van der Waals surface area contributed by atoms with Crippen LogP contribution in [0.25, 0.3) is 0 Å². The van der Waals surface area contributed by atoms with E-state index in [-0.39, 0.29) is 23.3 Å². The summed E-state index contributed by atoms with van der Waals surface area (Å²) in [5.74, 6) is 0.0434. The zero-order chi connectivity index (χ0) is 14.4. The average molecular weight is 330 g/mol. The third-order valence-corrected chi connectivity index (χ3v) is 3.43. The first-order valence-corrected chi connectivity index (χ1v) is 7.38. The molecule has 0 fully saturated rings. The zero-order valence-corrected chi connectivity index (χ0v) is 13.1. The molecule has 0 spiro atoms. The van der Waals surface area contributed by atoms with Gasteiger partial charge in [0.2, 0.25) is 0 Å². The molecular weight excluding hydrogens is 310 g/mol. The predicted molar refractivity (Wildman–Crippen MR) is 79.2 cm³/mol. The van der Waals surface area contributed by atoms with E-state index in [0.29, 0.717) is 12.3 Å². The van der Waals surface area contributed by atoms with Crippen LogP contribution in [-0.4, -0.2) is 40.9 Å². The van der Waals surface area contributed by atoms with E-state index in [9.17, 15) is 9.90 Å². The molecule has 4 nitrogen and oxygen atoms in total. The van der Waals surface area contributed by atoms with Crippen LogP contribution in [0.3, 0.4) is 0 Å². The smallest absolute Gasteiger partial charge is 0.257 e. The normalized spacial score (nSPS) is 10.6. The highest BCUT2D eigenvalue weighted by atomic mass is 79.9.